The van der Waals surface area contributed by atoms with Crippen molar-refractivity contribution in [3.8, 4) is 0 Å². The molecule has 0 bridgehead atoms. The number of hydrogen-bond donors (Lipinski definition) is 1. The molecular weight excluding hydrogens is 236 g/mol. The smallest absolute Gasteiger partial charge is 0.317 e. The normalized spacial score (nSPS) is 12.7. The van der Waals surface area contributed by atoms with Gasteiger partial charge in [0.05, 0.1) is 6.04 Å². The number of rotatable bonds is 8. The zero-order chi connectivity index (χ0) is 12.7. The fraction of sp³-hybridized carbons (Fsp3) is 0.818. The van der Waals surface area contributed by atoms with Crippen molar-refractivity contribution in [2.75, 3.05) is 37.0 Å². The minimum absolute atomic E-state index is 0.116. The van der Waals surface area contributed by atoms with Gasteiger partial charge in [0.15, 0.2) is 0 Å². The summed E-state index contributed by atoms with van der Waals surface area (Å²) in [6.45, 7) is 6.05. The lowest BCUT2D eigenvalue weighted by Crippen LogP contribution is -2.20. The molecule has 1 rings (SSSR count). The van der Waals surface area contributed by atoms with Crippen molar-refractivity contribution in [2.45, 2.75) is 26.3 Å². The van der Waals surface area contributed by atoms with Gasteiger partial charge in [-0.25, -0.2) is 0 Å². The van der Waals surface area contributed by atoms with Crippen LogP contribution >= 0.6 is 11.8 Å². The van der Waals surface area contributed by atoms with E-state index in [0.29, 0.717) is 11.9 Å². The molecule has 0 radical (unpaired) electrons. The second kappa shape index (κ2) is 7.55. The van der Waals surface area contributed by atoms with Crippen molar-refractivity contribution < 1.29 is 4.42 Å². The van der Waals surface area contributed by atoms with Crippen LogP contribution in [0.25, 0.3) is 0 Å². The summed E-state index contributed by atoms with van der Waals surface area (Å²) < 4.78 is 5.63. The van der Waals surface area contributed by atoms with E-state index in [2.05, 4.69) is 28.7 Å². The van der Waals surface area contributed by atoms with Crippen molar-refractivity contribution in [1.82, 2.24) is 15.5 Å². The number of nitrogens with one attached hydrogen (secondary N) is 1. The monoisotopic (exact) mass is 258 g/mol. The van der Waals surface area contributed by atoms with Crippen LogP contribution in [-0.2, 0) is 0 Å². The molecule has 1 aromatic rings. The highest BCUT2D eigenvalue weighted by Crippen LogP contribution is 2.16. The maximum absolute atomic E-state index is 5.63. The van der Waals surface area contributed by atoms with E-state index >= 15 is 0 Å². The molecule has 0 fully saturated rings. The van der Waals surface area contributed by atoms with Crippen LogP contribution in [0.1, 0.15) is 32.2 Å². The molecule has 0 saturated carbocycles. The van der Waals surface area contributed by atoms with E-state index in [1.807, 2.05) is 18.9 Å². The third-order valence-electron chi connectivity index (χ3n) is 2.46. The molecule has 0 aliphatic carbocycles. The molecule has 0 aliphatic rings. The lowest BCUT2D eigenvalue weighted by atomic mass is 10.3. The Balaban J connectivity index is 2.51. The zero-order valence-corrected chi connectivity index (χ0v) is 11.9. The molecule has 1 unspecified atom stereocenters. The van der Waals surface area contributed by atoms with Crippen LogP contribution in [-0.4, -0.2) is 42.3 Å². The summed E-state index contributed by atoms with van der Waals surface area (Å²) in [7, 11) is 1.97. The minimum atomic E-state index is 0.116. The first-order valence-corrected chi connectivity index (χ1v) is 7.35. The second-order valence-electron chi connectivity index (χ2n) is 4.01. The highest BCUT2D eigenvalue weighted by atomic mass is 32.2. The maximum Gasteiger partial charge on any atom is 0.317 e. The molecule has 1 atom stereocenters. The van der Waals surface area contributed by atoms with Gasteiger partial charge in [0.2, 0.25) is 5.89 Å². The van der Waals surface area contributed by atoms with E-state index in [4.69, 9.17) is 4.42 Å². The van der Waals surface area contributed by atoms with Crippen molar-refractivity contribution >= 4 is 17.8 Å². The van der Waals surface area contributed by atoms with E-state index in [1.165, 1.54) is 0 Å². The first-order chi connectivity index (χ1) is 8.19. The lowest BCUT2D eigenvalue weighted by molar-refractivity contribution is 0.417. The Hall–Kier alpha value is -0.750. The third kappa shape index (κ3) is 4.55. The van der Waals surface area contributed by atoms with Gasteiger partial charge >= 0.3 is 6.01 Å². The van der Waals surface area contributed by atoms with Crippen LogP contribution in [0.5, 0.6) is 0 Å². The van der Waals surface area contributed by atoms with Crippen molar-refractivity contribution in [3.63, 3.8) is 0 Å². The average Bonchev–Trinajstić information content (AvgIpc) is 2.82. The Bertz CT molecular complexity index is 290. The van der Waals surface area contributed by atoms with Crippen molar-refractivity contribution in [2.24, 2.45) is 0 Å². The number of nitrogens with zero attached hydrogens (tertiary/aromatic N) is 3. The summed E-state index contributed by atoms with van der Waals surface area (Å²) in [5, 5.41) is 11.5. The van der Waals surface area contributed by atoms with Crippen LogP contribution in [0.4, 0.5) is 6.01 Å². The molecule has 1 heterocycles. The average molecular weight is 258 g/mol. The van der Waals surface area contributed by atoms with Gasteiger partial charge in [-0.3, -0.25) is 0 Å². The van der Waals surface area contributed by atoms with E-state index < -0.39 is 0 Å². The maximum atomic E-state index is 5.63. The van der Waals surface area contributed by atoms with Gasteiger partial charge < -0.3 is 14.6 Å². The van der Waals surface area contributed by atoms with E-state index in [1.54, 1.807) is 11.8 Å². The molecule has 0 saturated heterocycles. The van der Waals surface area contributed by atoms with Gasteiger partial charge in [-0.15, -0.1) is 5.10 Å². The number of aromatic nitrogens is 2. The quantitative estimate of drug-likeness (QED) is 0.769. The summed E-state index contributed by atoms with van der Waals surface area (Å²) in [6.07, 6.45) is 3.18. The summed E-state index contributed by atoms with van der Waals surface area (Å²) in [5.74, 6) is 1.71. The summed E-state index contributed by atoms with van der Waals surface area (Å²) in [4.78, 5) is 1.99. The minimum Gasteiger partial charge on any atom is -0.406 e. The van der Waals surface area contributed by atoms with E-state index in [9.17, 15) is 0 Å². The van der Waals surface area contributed by atoms with Gasteiger partial charge in [-0.1, -0.05) is 12.0 Å². The summed E-state index contributed by atoms with van der Waals surface area (Å²) >= 11 is 1.80. The third-order valence-corrected chi connectivity index (χ3v) is 3.05. The first kappa shape index (κ1) is 14.3. The molecule has 17 heavy (non-hydrogen) atoms. The highest BCUT2D eigenvalue weighted by Gasteiger charge is 2.15. The van der Waals surface area contributed by atoms with Gasteiger partial charge in [0, 0.05) is 19.3 Å². The van der Waals surface area contributed by atoms with Gasteiger partial charge in [-0.05, 0) is 26.1 Å². The Morgan fingerprint density at radius 3 is 2.88 bits per heavy atom. The Morgan fingerprint density at radius 2 is 2.24 bits per heavy atom. The Morgan fingerprint density at radius 1 is 1.47 bits per heavy atom. The largest absolute Gasteiger partial charge is 0.406 e. The number of thioether (sulfide) groups is 1. The molecule has 1 aromatic heterocycles. The molecule has 1 N–H and O–H groups in total. The number of hydrogen-bond acceptors (Lipinski definition) is 6. The molecule has 98 valence electrons. The van der Waals surface area contributed by atoms with Crippen molar-refractivity contribution in [1.29, 1.82) is 0 Å². The van der Waals surface area contributed by atoms with Crippen LogP contribution in [0.3, 0.4) is 0 Å². The van der Waals surface area contributed by atoms with Crippen LogP contribution in [0, 0.1) is 0 Å². The van der Waals surface area contributed by atoms with Crippen LogP contribution in [0.15, 0.2) is 4.42 Å². The SMILES string of the molecule is CCCNC(C)c1nnc(N(C)CCSC)o1. The van der Waals surface area contributed by atoms with Crippen LogP contribution in [0.2, 0.25) is 0 Å². The lowest BCUT2D eigenvalue weighted by Gasteiger charge is -2.12. The molecule has 0 aliphatic heterocycles. The Kier molecular flexibility index (Phi) is 6.36. The molecule has 5 nitrogen and oxygen atoms in total. The van der Waals surface area contributed by atoms with Gasteiger partial charge in [0.25, 0.3) is 0 Å². The molecule has 0 amide bonds. The fourth-order valence-corrected chi connectivity index (χ4v) is 1.78. The topological polar surface area (TPSA) is 54.2 Å². The molecular formula is C11H22N4OS. The summed E-state index contributed by atoms with van der Waals surface area (Å²) in [5.41, 5.74) is 0. The predicted octanol–water partition coefficient (Wildman–Crippen LogP) is 1.93. The molecule has 6 heteroatoms. The highest BCUT2D eigenvalue weighted by molar-refractivity contribution is 7.98. The summed E-state index contributed by atoms with van der Waals surface area (Å²) in [6, 6.07) is 0.712. The van der Waals surface area contributed by atoms with E-state index in [0.717, 1.165) is 25.3 Å². The molecule has 0 spiro atoms. The molecule has 0 aromatic carbocycles. The number of anilines is 1. The van der Waals surface area contributed by atoms with Gasteiger partial charge in [0.1, 0.15) is 0 Å². The van der Waals surface area contributed by atoms with Gasteiger partial charge in [-0.2, -0.15) is 11.8 Å². The van der Waals surface area contributed by atoms with E-state index in [-0.39, 0.29) is 6.04 Å². The van der Waals surface area contributed by atoms with Crippen LogP contribution < -0.4 is 10.2 Å². The standard InChI is InChI=1S/C11H22N4OS/c1-5-6-12-9(2)10-13-14-11(16-10)15(3)7-8-17-4/h9,12H,5-8H2,1-4H3. The zero-order valence-electron chi connectivity index (χ0n) is 11.1. The second-order valence-corrected chi connectivity index (χ2v) is 5.00. The first-order valence-electron chi connectivity index (χ1n) is 5.95. The van der Waals surface area contributed by atoms with Crippen molar-refractivity contribution in [3.05, 3.63) is 5.89 Å². The predicted molar refractivity (Wildman–Crippen MR) is 72.7 cm³/mol. The Labute approximate surface area is 107 Å². The fourth-order valence-electron chi connectivity index (χ4n) is 1.33.